The van der Waals surface area contributed by atoms with E-state index in [4.69, 9.17) is 5.73 Å². The largest absolute Gasteiger partial charge is 0.480 e. The zero-order valence-corrected chi connectivity index (χ0v) is 9.86. The fraction of sp³-hybridized carbons (Fsp3) is 0.909. The van der Waals surface area contributed by atoms with Gasteiger partial charge in [0.2, 0.25) is 0 Å². The van der Waals surface area contributed by atoms with E-state index in [1.807, 2.05) is 6.92 Å². The predicted molar refractivity (Wildman–Crippen MR) is 59.7 cm³/mol. The highest BCUT2D eigenvalue weighted by molar-refractivity contribution is 5.79. The summed E-state index contributed by atoms with van der Waals surface area (Å²) in [7, 11) is 0. The number of carboxylic acids is 1. The number of hydrogen-bond donors (Lipinski definition) is 2. The number of hydrogen-bond acceptors (Lipinski definition) is 3. The van der Waals surface area contributed by atoms with Crippen LogP contribution in [0.1, 0.15) is 33.6 Å². The fourth-order valence-corrected chi connectivity index (χ4v) is 1.97. The molecule has 88 valence electrons. The normalized spacial score (nSPS) is 20.7. The molecule has 1 aliphatic carbocycles. The minimum Gasteiger partial charge on any atom is -0.480 e. The molecule has 4 heteroatoms. The molecule has 0 aliphatic heterocycles. The number of carboxylic acid groups (broad SMARTS) is 1. The van der Waals surface area contributed by atoms with E-state index < -0.39 is 11.5 Å². The molecular formula is C11H22N2O2. The van der Waals surface area contributed by atoms with Crippen molar-refractivity contribution in [2.75, 3.05) is 13.1 Å². The van der Waals surface area contributed by atoms with Crippen molar-refractivity contribution in [2.24, 2.45) is 11.7 Å². The summed E-state index contributed by atoms with van der Waals surface area (Å²) in [5.41, 5.74) is 4.98. The minimum atomic E-state index is -1.04. The van der Waals surface area contributed by atoms with Gasteiger partial charge in [0, 0.05) is 12.6 Å². The number of aliphatic carboxylic acids is 1. The molecule has 0 aromatic rings. The highest BCUT2D eigenvalue weighted by Gasteiger charge is 2.49. The Hall–Kier alpha value is -0.610. The third-order valence-corrected chi connectivity index (χ3v) is 3.31. The van der Waals surface area contributed by atoms with Crippen LogP contribution in [0, 0.1) is 5.92 Å². The standard InChI is InChI=1S/C11H22N2O2/c1-4-13(8(2)3)7-11(12,10(14)15)9-5-6-9/h8-9H,4-7,12H2,1-3H3,(H,14,15). The molecule has 1 fully saturated rings. The van der Waals surface area contributed by atoms with Crippen molar-refractivity contribution >= 4 is 5.97 Å². The third-order valence-electron chi connectivity index (χ3n) is 3.31. The lowest BCUT2D eigenvalue weighted by molar-refractivity contribution is -0.145. The molecule has 1 rings (SSSR count). The average molecular weight is 214 g/mol. The molecule has 0 aromatic heterocycles. The first-order chi connectivity index (χ1) is 6.91. The van der Waals surface area contributed by atoms with Crippen molar-refractivity contribution in [1.29, 1.82) is 0 Å². The predicted octanol–water partition coefficient (Wildman–Crippen LogP) is 0.909. The second-order valence-electron chi connectivity index (χ2n) is 4.78. The van der Waals surface area contributed by atoms with Gasteiger partial charge in [-0.15, -0.1) is 0 Å². The fourth-order valence-electron chi connectivity index (χ4n) is 1.97. The first-order valence-electron chi connectivity index (χ1n) is 5.68. The highest BCUT2D eigenvalue weighted by atomic mass is 16.4. The van der Waals surface area contributed by atoms with E-state index in [9.17, 15) is 9.90 Å². The number of rotatable bonds is 6. The first-order valence-corrected chi connectivity index (χ1v) is 5.68. The Morgan fingerprint density at radius 1 is 1.60 bits per heavy atom. The molecule has 15 heavy (non-hydrogen) atoms. The lowest BCUT2D eigenvalue weighted by atomic mass is 9.93. The second-order valence-corrected chi connectivity index (χ2v) is 4.78. The zero-order valence-electron chi connectivity index (χ0n) is 9.86. The van der Waals surface area contributed by atoms with Gasteiger partial charge < -0.3 is 10.8 Å². The minimum absolute atomic E-state index is 0.169. The number of nitrogens with two attached hydrogens (primary N) is 1. The summed E-state index contributed by atoms with van der Waals surface area (Å²) in [5.74, 6) is -0.688. The van der Waals surface area contributed by atoms with Crippen LogP contribution in [0.5, 0.6) is 0 Å². The molecule has 1 unspecified atom stereocenters. The topological polar surface area (TPSA) is 66.6 Å². The van der Waals surface area contributed by atoms with Gasteiger partial charge in [0.15, 0.2) is 0 Å². The quantitative estimate of drug-likeness (QED) is 0.689. The molecule has 0 spiro atoms. The molecule has 0 amide bonds. The second kappa shape index (κ2) is 4.49. The molecule has 0 bridgehead atoms. The monoisotopic (exact) mass is 214 g/mol. The van der Waals surface area contributed by atoms with E-state index in [1.54, 1.807) is 0 Å². The molecule has 0 radical (unpaired) electrons. The van der Waals surface area contributed by atoms with Crippen molar-refractivity contribution in [3.8, 4) is 0 Å². The van der Waals surface area contributed by atoms with Crippen molar-refractivity contribution < 1.29 is 9.90 Å². The third kappa shape index (κ3) is 2.69. The van der Waals surface area contributed by atoms with Gasteiger partial charge in [-0.2, -0.15) is 0 Å². The molecule has 1 aliphatic rings. The SMILES string of the molecule is CCN(CC(N)(C(=O)O)C1CC1)C(C)C. The molecule has 1 saturated carbocycles. The van der Waals surface area contributed by atoms with Crippen molar-refractivity contribution in [2.45, 2.75) is 45.2 Å². The van der Waals surface area contributed by atoms with Crippen LogP contribution in [0.2, 0.25) is 0 Å². The Balaban J connectivity index is 2.69. The Labute approximate surface area is 91.4 Å². The number of likely N-dealkylation sites (N-methyl/N-ethyl adjacent to an activating group) is 1. The summed E-state index contributed by atoms with van der Waals surface area (Å²) >= 11 is 0. The van der Waals surface area contributed by atoms with E-state index in [0.29, 0.717) is 12.6 Å². The number of carbonyl (C=O) groups is 1. The van der Waals surface area contributed by atoms with Gasteiger partial charge in [-0.3, -0.25) is 9.69 Å². The van der Waals surface area contributed by atoms with Crippen LogP contribution in [0.3, 0.4) is 0 Å². The van der Waals surface area contributed by atoms with Crippen LogP contribution < -0.4 is 5.73 Å². The van der Waals surface area contributed by atoms with Crippen LogP contribution in [-0.2, 0) is 4.79 Å². The van der Waals surface area contributed by atoms with Gasteiger partial charge in [-0.05, 0) is 39.2 Å². The Kier molecular flexibility index (Phi) is 3.73. The Morgan fingerprint density at radius 3 is 2.40 bits per heavy atom. The smallest absolute Gasteiger partial charge is 0.325 e. The van der Waals surface area contributed by atoms with Gasteiger partial charge in [0.1, 0.15) is 5.54 Å². The Bertz CT molecular complexity index is 239. The van der Waals surface area contributed by atoms with E-state index in [2.05, 4.69) is 18.7 Å². The molecule has 4 nitrogen and oxygen atoms in total. The van der Waals surface area contributed by atoms with Crippen LogP contribution in [0.25, 0.3) is 0 Å². The lowest BCUT2D eigenvalue weighted by Gasteiger charge is -2.34. The van der Waals surface area contributed by atoms with Crippen LogP contribution >= 0.6 is 0 Å². The van der Waals surface area contributed by atoms with Gasteiger partial charge in [-0.25, -0.2) is 0 Å². The lowest BCUT2D eigenvalue weighted by Crippen LogP contribution is -2.59. The van der Waals surface area contributed by atoms with Gasteiger partial charge in [-0.1, -0.05) is 6.92 Å². The van der Waals surface area contributed by atoms with Gasteiger partial charge >= 0.3 is 5.97 Å². The summed E-state index contributed by atoms with van der Waals surface area (Å²) in [6.45, 7) is 7.48. The molecule has 3 N–H and O–H groups in total. The molecular weight excluding hydrogens is 192 g/mol. The molecule has 0 saturated heterocycles. The van der Waals surface area contributed by atoms with Crippen molar-refractivity contribution in [3.63, 3.8) is 0 Å². The van der Waals surface area contributed by atoms with E-state index >= 15 is 0 Å². The van der Waals surface area contributed by atoms with Crippen molar-refractivity contribution in [3.05, 3.63) is 0 Å². The molecule has 1 atom stereocenters. The maximum atomic E-state index is 11.2. The first kappa shape index (κ1) is 12.5. The maximum absolute atomic E-state index is 11.2. The summed E-state index contributed by atoms with van der Waals surface area (Å²) in [6.07, 6.45) is 1.91. The summed E-state index contributed by atoms with van der Waals surface area (Å²) < 4.78 is 0. The van der Waals surface area contributed by atoms with E-state index in [-0.39, 0.29) is 5.92 Å². The van der Waals surface area contributed by atoms with E-state index in [1.165, 1.54) is 0 Å². The molecule has 0 heterocycles. The van der Waals surface area contributed by atoms with Crippen molar-refractivity contribution in [1.82, 2.24) is 4.90 Å². The Morgan fingerprint density at radius 2 is 2.13 bits per heavy atom. The summed E-state index contributed by atoms with van der Waals surface area (Å²) in [4.78, 5) is 13.3. The maximum Gasteiger partial charge on any atom is 0.325 e. The number of nitrogens with zero attached hydrogens (tertiary/aromatic N) is 1. The summed E-state index contributed by atoms with van der Waals surface area (Å²) in [6, 6.07) is 0.344. The zero-order chi connectivity index (χ0) is 11.6. The van der Waals surface area contributed by atoms with Crippen LogP contribution in [0.15, 0.2) is 0 Å². The summed E-state index contributed by atoms with van der Waals surface area (Å²) in [5, 5.41) is 9.22. The van der Waals surface area contributed by atoms with E-state index in [0.717, 1.165) is 19.4 Å². The van der Waals surface area contributed by atoms with Crippen LogP contribution in [-0.4, -0.2) is 40.6 Å². The van der Waals surface area contributed by atoms with Gasteiger partial charge in [0.05, 0.1) is 0 Å². The highest BCUT2D eigenvalue weighted by Crippen LogP contribution is 2.39. The van der Waals surface area contributed by atoms with Crippen LogP contribution in [0.4, 0.5) is 0 Å². The van der Waals surface area contributed by atoms with Gasteiger partial charge in [0.25, 0.3) is 0 Å². The molecule has 0 aromatic carbocycles. The average Bonchev–Trinajstić information content (AvgIpc) is 2.95.